The number of hydrogen-bond donors (Lipinski definition) is 0. The summed E-state index contributed by atoms with van der Waals surface area (Å²) in [5.41, 5.74) is 3.98. The lowest BCUT2D eigenvalue weighted by atomic mass is 9.78. The van der Waals surface area contributed by atoms with Gasteiger partial charge in [0.05, 0.1) is 6.61 Å². The molecule has 0 aromatic heterocycles. The van der Waals surface area contributed by atoms with E-state index in [0.29, 0.717) is 11.8 Å². The fourth-order valence-corrected chi connectivity index (χ4v) is 4.15. The Morgan fingerprint density at radius 1 is 0.900 bits per heavy atom. The van der Waals surface area contributed by atoms with Gasteiger partial charge in [-0.05, 0) is 98.2 Å². The van der Waals surface area contributed by atoms with Crippen molar-refractivity contribution in [2.24, 2.45) is 5.92 Å². The van der Waals surface area contributed by atoms with E-state index < -0.39 is 0 Å². The number of allylic oxidation sites excluding steroid dienone is 2. The Bertz CT molecular complexity index is 825. The van der Waals surface area contributed by atoms with Crippen LogP contribution in [0.2, 0.25) is 0 Å². The van der Waals surface area contributed by atoms with E-state index in [9.17, 15) is 0 Å². The van der Waals surface area contributed by atoms with Crippen LogP contribution in [-0.4, -0.2) is 6.61 Å². The first-order chi connectivity index (χ1) is 14.8. The predicted molar refractivity (Wildman–Crippen MR) is 128 cm³/mol. The quantitative estimate of drug-likeness (QED) is 0.412. The van der Waals surface area contributed by atoms with Crippen LogP contribution in [0.5, 0.6) is 5.75 Å². The second kappa shape index (κ2) is 12.3. The summed E-state index contributed by atoms with van der Waals surface area (Å²) >= 11 is 0. The minimum absolute atomic E-state index is 0.666. The number of aryl methyl sites for hydroxylation is 1. The van der Waals surface area contributed by atoms with Crippen LogP contribution in [0.4, 0.5) is 0 Å². The van der Waals surface area contributed by atoms with Crippen molar-refractivity contribution in [2.45, 2.75) is 71.1 Å². The fraction of sp³-hybridized carbons (Fsp3) is 0.448. The molecule has 1 aliphatic rings. The van der Waals surface area contributed by atoms with Crippen LogP contribution in [0.25, 0.3) is 0 Å². The van der Waals surface area contributed by atoms with E-state index in [2.05, 4.69) is 86.4 Å². The highest BCUT2D eigenvalue weighted by Crippen LogP contribution is 2.36. The summed E-state index contributed by atoms with van der Waals surface area (Å²) in [5.74, 6) is 8.85. The lowest BCUT2D eigenvalue weighted by molar-refractivity contribution is 0.317. The summed E-state index contributed by atoms with van der Waals surface area (Å²) in [7, 11) is 0. The fourth-order valence-electron chi connectivity index (χ4n) is 4.15. The van der Waals surface area contributed by atoms with Crippen LogP contribution < -0.4 is 4.74 Å². The largest absolute Gasteiger partial charge is 0.494 e. The first-order valence-corrected chi connectivity index (χ1v) is 11.8. The molecule has 1 saturated carbocycles. The van der Waals surface area contributed by atoms with Gasteiger partial charge in [0, 0.05) is 5.56 Å². The molecule has 1 fully saturated rings. The molecule has 30 heavy (non-hydrogen) atoms. The zero-order valence-corrected chi connectivity index (χ0v) is 18.7. The zero-order chi connectivity index (χ0) is 21.0. The van der Waals surface area contributed by atoms with Crippen LogP contribution in [0.1, 0.15) is 81.4 Å². The Morgan fingerprint density at radius 3 is 2.30 bits per heavy atom. The molecule has 0 radical (unpaired) electrons. The average molecular weight is 401 g/mol. The maximum atomic E-state index is 5.70. The average Bonchev–Trinajstić information content (AvgIpc) is 2.81. The van der Waals surface area contributed by atoms with Gasteiger partial charge in [0.25, 0.3) is 0 Å². The normalized spacial score (nSPS) is 18.7. The summed E-state index contributed by atoms with van der Waals surface area (Å²) in [6, 6.07) is 17.5. The maximum Gasteiger partial charge on any atom is 0.119 e. The Labute approximate surface area is 183 Å². The molecule has 0 atom stereocenters. The first kappa shape index (κ1) is 22.2. The Balaban J connectivity index is 1.43. The minimum atomic E-state index is 0.666. The van der Waals surface area contributed by atoms with Gasteiger partial charge in [-0.1, -0.05) is 62.5 Å². The number of benzene rings is 2. The third-order valence-electron chi connectivity index (χ3n) is 6.04. The number of unbranched alkanes of at least 4 members (excludes halogenated alkanes) is 1. The van der Waals surface area contributed by atoms with Gasteiger partial charge in [-0.25, -0.2) is 0 Å². The Hall–Kier alpha value is -2.46. The predicted octanol–water partition coefficient (Wildman–Crippen LogP) is 7.70. The van der Waals surface area contributed by atoms with Crippen molar-refractivity contribution >= 4 is 0 Å². The SMILES string of the molecule is CCCCc1ccc(C#CC=CC2CCC(c3ccc(OCCC)cc3)CC2)cc1. The second-order valence-corrected chi connectivity index (χ2v) is 8.46. The molecule has 0 bridgehead atoms. The zero-order valence-electron chi connectivity index (χ0n) is 18.7. The van der Waals surface area contributed by atoms with Gasteiger partial charge in [-0.3, -0.25) is 0 Å². The van der Waals surface area contributed by atoms with Crippen molar-refractivity contribution in [1.82, 2.24) is 0 Å². The molecule has 158 valence electrons. The van der Waals surface area contributed by atoms with Crippen LogP contribution in [0.15, 0.2) is 60.7 Å². The van der Waals surface area contributed by atoms with Crippen molar-refractivity contribution < 1.29 is 4.74 Å². The molecule has 2 aromatic rings. The molecule has 1 nitrogen and oxygen atoms in total. The topological polar surface area (TPSA) is 9.23 Å². The second-order valence-electron chi connectivity index (χ2n) is 8.46. The molecule has 1 aliphatic carbocycles. The van der Waals surface area contributed by atoms with Gasteiger partial charge in [0.15, 0.2) is 0 Å². The van der Waals surface area contributed by atoms with Crippen molar-refractivity contribution in [1.29, 1.82) is 0 Å². The van der Waals surface area contributed by atoms with Gasteiger partial charge in [0.1, 0.15) is 5.75 Å². The van der Waals surface area contributed by atoms with Crippen molar-refractivity contribution in [2.75, 3.05) is 6.61 Å². The molecule has 0 spiro atoms. The van der Waals surface area contributed by atoms with E-state index in [4.69, 9.17) is 4.74 Å². The lowest BCUT2D eigenvalue weighted by Gasteiger charge is -2.27. The summed E-state index contributed by atoms with van der Waals surface area (Å²) in [6.45, 7) is 5.17. The molecule has 0 N–H and O–H groups in total. The van der Waals surface area contributed by atoms with E-state index >= 15 is 0 Å². The molecule has 0 amide bonds. The number of rotatable bonds is 8. The third-order valence-corrected chi connectivity index (χ3v) is 6.04. The number of ether oxygens (including phenoxy) is 1. The molecule has 0 saturated heterocycles. The van der Waals surface area contributed by atoms with Crippen molar-refractivity contribution in [3.63, 3.8) is 0 Å². The van der Waals surface area contributed by atoms with E-state index in [0.717, 1.165) is 24.3 Å². The molecule has 0 aliphatic heterocycles. The molecule has 0 unspecified atom stereocenters. The maximum absolute atomic E-state index is 5.70. The first-order valence-electron chi connectivity index (χ1n) is 11.8. The van der Waals surface area contributed by atoms with E-state index in [-0.39, 0.29) is 0 Å². The lowest BCUT2D eigenvalue weighted by Crippen LogP contribution is -2.11. The molecule has 3 rings (SSSR count). The molecule has 1 heteroatoms. The van der Waals surface area contributed by atoms with E-state index in [1.165, 1.54) is 56.1 Å². The van der Waals surface area contributed by atoms with Gasteiger partial charge in [-0.15, -0.1) is 0 Å². The highest BCUT2D eigenvalue weighted by atomic mass is 16.5. The van der Waals surface area contributed by atoms with Crippen molar-refractivity contribution in [3.05, 3.63) is 77.4 Å². The number of hydrogen-bond acceptors (Lipinski definition) is 1. The van der Waals surface area contributed by atoms with Crippen LogP contribution in [-0.2, 0) is 6.42 Å². The standard InChI is InChI=1S/C29H36O/c1-3-5-8-24-11-13-25(14-12-24)9-6-7-10-26-15-17-27(18-16-26)28-19-21-29(22-20-28)30-23-4-2/h7,10-14,19-22,26-27H,3-5,8,15-18,23H2,1-2H3. The molecular formula is C29H36O. The molecular weight excluding hydrogens is 364 g/mol. The van der Waals surface area contributed by atoms with E-state index in [1.807, 2.05) is 0 Å². The highest BCUT2D eigenvalue weighted by molar-refractivity contribution is 5.38. The monoisotopic (exact) mass is 400 g/mol. The van der Waals surface area contributed by atoms with Gasteiger partial charge in [-0.2, -0.15) is 0 Å². The molecule has 0 heterocycles. The third kappa shape index (κ3) is 7.10. The van der Waals surface area contributed by atoms with Crippen LogP contribution in [0.3, 0.4) is 0 Å². The smallest absolute Gasteiger partial charge is 0.119 e. The Morgan fingerprint density at radius 2 is 1.63 bits per heavy atom. The van der Waals surface area contributed by atoms with Gasteiger partial charge < -0.3 is 4.74 Å². The summed E-state index contributed by atoms with van der Waals surface area (Å²) in [5, 5.41) is 0. The minimum Gasteiger partial charge on any atom is -0.494 e. The van der Waals surface area contributed by atoms with E-state index in [1.54, 1.807) is 0 Å². The molecule has 2 aromatic carbocycles. The summed E-state index contributed by atoms with van der Waals surface area (Å²) in [6.07, 6.45) is 14.1. The van der Waals surface area contributed by atoms with Crippen molar-refractivity contribution in [3.8, 4) is 17.6 Å². The highest BCUT2D eigenvalue weighted by Gasteiger charge is 2.20. The van der Waals surface area contributed by atoms with Gasteiger partial charge >= 0.3 is 0 Å². The summed E-state index contributed by atoms with van der Waals surface area (Å²) < 4.78 is 5.70. The Kier molecular flexibility index (Phi) is 9.10. The summed E-state index contributed by atoms with van der Waals surface area (Å²) in [4.78, 5) is 0. The van der Waals surface area contributed by atoms with Crippen LogP contribution >= 0.6 is 0 Å². The van der Waals surface area contributed by atoms with Gasteiger partial charge in [0.2, 0.25) is 0 Å². The van der Waals surface area contributed by atoms with Crippen LogP contribution in [0, 0.1) is 17.8 Å².